The van der Waals surface area contributed by atoms with E-state index < -0.39 is 0 Å². The normalized spacial score (nSPS) is 22.3. The summed E-state index contributed by atoms with van der Waals surface area (Å²) < 4.78 is 1.01. The standard InChI is InChI=1S/C14H20BrClN2/c1-2-10-5-6-18(9-10)14(8-17)12-4-3-11(15)7-13(12)16/h3-4,7,10,14H,2,5-6,8-9,17H2,1H3. The highest BCUT2D eigenvalue weighted by atomic mass is 79.9. The Bertz CT molecular complexity index is 411. The highest BCUT2D eigenvalue weighted by Crippen LogP contribution is 2.33. The van der Waals surface area contributed by atoms with Crippen molar-refractivity contribution >= 4 is 27.5 Å². The van der Waals surface area contributed by atoms with E-state index >= 15 is 0 Å². The fraction of sp³-hybridized carbons (Fsp3) is 0.571. The summed E-state index contributed by atoms with van der Waals surface area (Å²) in [6.45, 7) is 5.16. The summed E-state index contributed by atoms with van der Waals surface area (Å²) in [6.07, 6.45) is 2.53. The predicted molar refractivity (Wildman–Crippen MR) is 80.9 cm³/mol. The molecule has 1 heterocycles. The van der Waals surface area contributed by atoms with E-state index in [0.29, 0.717) is 6.54 Å². The van der Waals surface area contributed by atoms with Crippen LogP contribution in [0.2, 0.25) is 5.02 Å². The molecule has 0 amide bonds. The van der Waals surface area contributed by atoms with Crippen molar-refractivity contribution in [2.24, 2.45) is 11.7 Å². The van der Waals surface area contributed by atoms with Gasteiger partial charge in [-0.25, -0.2) is 0 Å². The number of hydrogen-bond donors (Lipinski definition) is 1. The average Bonchev–Trinajstić information content (AvgIpc) is 2.81. The summed E-state index contributed by atoms with van der Waals surface area (Å²) in [5.74, 6) is 0.813. The maximum absolute atomic E-state index is 6.34. The summed E-state index contributed by atoms with van der Waals surface area (Å²) in [6, 6.07) is 6.33. The third-order valence-corrected chi connectivity index (χ3v) is 4.70. The summed E-state index contributed by atoms with van der Waals surface area (Å²) in [7, 11) is 0. The first-order valence-corrected chi connectivity index (χ1v) is 7.71. The first-order chi connectivity index (χ1) is 8.65. The molecule has 2 rings (SSSR count). The van der Waals surface area contributed by atoms with Crippen molar-refractivity contribution in [3.63, 3.8) is 0 Å². The molecular formula is C14H20BrClN2. The van der Waals surface area contributed by atoms with Gasteiger partial charge in [0.15, 0.2) is 0 Å². The van der Waals surface area contributed by atoms with E-state index in [-0.39, 0.29) is 6.04 Å². The third-order valence-electron chi connectivity index (χ3n) is 3.88. The molecule has 0 radical (unpaired) electrons. The molecule has 0 bridgehead atoms. The Balaban J connectivity index is 2.18. The molecule has 18 heavy (non-hydrogen) atoms. The molecule has 2 N–H and O–H groups in total. The molecule has 1 aliphatic rings. The highest BCUT2D eigenvalue weighted by molar-refractivity contribution is 9.10. The van der Waals surface area contributed by atoms with Crippen LogP contribution in [0.5, 0.6) is 0 Å². The number of benzene rings is 1. The van der Waals surface area contributed by atoms with E-state index in [1.165, 1.54) is 12.8 Å². The first-order valence-electron chi connectivity index (χ1n) is 6.54. The Morgan fingerprint density at radius 3 is 2.89 bits per heavy atom. The van der Waals surface area contributed by atoms with Crippen molar-refractivity contribution in [3.8, 4) is 0 Å². The minimum Gasteiger partial charge on any atom is -0.329 e. The van der Waals surface area contributed by atoms with Crippen LogP contribution < -0.4 is 5.73 Å². The van der Waals surface area contributed by atoms with Crippen molar-refractivity contribution in [2.45, 2.75) is 25.8 Å². The zero-order chi connectivity index (χ0) is 13.1. The molecule has 0 aromatic heterocycles. The van der Waals surface area contributed by atoms with E-state index in [0.717, 1.165) is 34.1 Å². The van der Waals surface area contributed by atoms with Gasteiger partial charge < -0.3 is 5.73 Å². The van der Waals surface area contributed by atoms with Crippen LogP contribution in [0.25, 0.3) is 0 Å². The smallest absolute Gasteiger partial charge is 0.0485 e. The van der Waals surface area contributed by atoms with Gasteiger partial charge in [-0.2, -0.15) is 0 Å². The van der Waals surface area contributed by atoms with Gasteiger partial charge in [-0.1, -0.05) is 46.9 Å². The van der Waals surface area contributed by atoms with E-state index in [1.54, 1.807) is 0 Å². The summed E-state index contributed by atoms with van der Waals surface area (Å²) >= 11 is 9.78. The average molecular weight is 332 g/mol. The van der Waals surface area contributed by atoms with Crippen molar-refractivity contribution in [2.75, 3.05) is 19.6 Å². The van der Waals surface area contributed by atoms with Crippen LogP contribution in [-0.4, -0.2) is 24.5 Å². The lowest BCUT2D eigenvalue weighted by Gasteiger charge is -2.28. The minimum absolute atomic E-state index is 0.252. The third kappa shape index (κ3) is 3.08. The van der Waals surface area contributed by atoms with Crippen molar-refractivity contribution in [1.82, 2.24) is 4.90 Å². The van der Waals surface area contributed by atoms with Crippen LogP contribution >= 0.6 is 27.5 Å². The van der Waals surface area contributed by atoms with Gasteiger partial charge in [0.05, 0.1) is 0 Å². The van der Waals surface area contributed by atoms with Crippen LogP contribution in [0.1, 0.15) is 31.4 Å². The molecule has 1 fully saturated rings. The molecule has 0 saturated carbocycles. The van der Waals surface area contributed by atoms with E-state index in [1.807, 2.05) is 12.1 Å². The number of likely N-dealkylation sites (tertiary alicyclic amines) is 1. The predicted octanol–water partition coefficient (Wildman–Crippen LogP) is 3.83. The van der Waals surface area contributed by atoms with E-state index in [2.05, 4.69) is 33.8 Å². The SMILES string of the molecule is CCC1CCN(C(CN)c2ccc(Br)cc2Cl)C1. The summed E-state index contributed by atoms with van der Waals surface area (Å²) in [4.78, 5) is 2.48. The van der Waals surface area contributed by atoms with Gasteiger partial charge in [0.25, 0.3) is 0 Å². The van der Waals surface area contributed by atoms with Crippen LogP contribution in [0.3, 0.4) is 0 Å². The Hall–Kier alpha value is -0.0900. The Morgan fingerprint density at radius 1 is 1.56 bits per heavy atom. The fourth-order valence-corrected chi connectivity index (χ4v) is 3.52. The summed E-state index contributed by atoms with van der Waals surface area (Å²) in [5, 5.41) is 0.805. The molecule has 1 aliphatic heterocycles. The second-order valence-electron chi connectivity index (χ2n) is 4.98. The number of nitrogens with two attached hydrogens (primary N) is 1. The van der Waals surface area contributed by atoms with E-state index in [9.17, 15) is 0 Å². The molecule has 1 aromatic rings. The van der Waals surface area contributed by atoms with E-state index in [4.69, 9.17) is 17.3 Å². The lowest BCUT2D eigenvalue weighted by atomic mass is 10.0. The number of hydrogen-bond acceptors (Lipinski definition) is 2. The maximum Gasteiger partial charge on any atom is 0.0485 e. The number of halogens is 2. The van der Waals surface area contributed by atoms with Crippen LogP contribution in [-0.2, 0) is 0 Å². The zero-order valence-corrected chi connectivity index (χ0v) is 13.0. The monoisotopic (exact) mass is 330 g/mol. The second kappa shape index (κ2) is 6.38. The quantitative estimate of drug-likeness (QED) is 0.908. The van der Waals surface area contributed by atoms with Gasteiger partial charge in [-0.3, -0.25) is 4.90 Å². The van der Waals surface area contributed by atoms with Crippen molar-refractivity contribution < 1.29 is 0 Å². The van der Waals surface area contributed by atoms with Gasteiger partial charge >= 0.3 is 0 Å². The molecule has 1 saturated heterocycles. The van der Waals surface area contributed by atoms with Gasteiger partial charge in [0.1, 0.15) is 0 Å². The first kappa shape index (κ1) is 14.3. The molecule has 2 nitrogen and oxygen atoms in total. The number of rotatable bonds is 4. The molecule has 2 unspecified atom stereocenters. The Kier molecular flexibility index (Phi) is 5.07. The number of nitrogens with zero attached hydrogens (tertiary/aromatic N) is 1. The van der Waals surface area contributed by atoms with Crippen LogP contribution in [0, 0.1) is 5.92 Å². The highest BCUT2D eigenvalue weighted by Gasteiger charge is 2.28. The topological polar surface area (TPSA) is 29.3 Å². The largest absolute Gasteiger partial charge is 0.329 e. The minimum atomic E-state index is 0.252. The molecule has 2 atom stereocenters. The maximum atomic E-state index is 6.34. The van der Waals surface area contributed by atoms with Gasteiger partial charge in [-0.05, 0) is 36.6 Å². The lowest BCUT2D eigenvalue weighted by molar-refractivity contribution is 0.241. The Morgan fingerprint density at radius 2 is 2.33 bits per heavy atom. The fourth-order valence-electron chi connectivity index (χ4n) is 2.72. The lowest BCUT2D eigenvalue weighted by Crippen LogP contribution is -2.32. The van der Waals surface area contributed by atoms with Crippen LogP contribution in [0.15, 0.2) is 22.7 Å². The molecule has 0 aliphatic carbocycles. The van der Waals surface area contributed by atoms with Crippen molar-refractivity contribution in [3.05, 3.63) is 33.3 Å². The molecule has 4 heteroatoms. The summed E-state index contributed by atoms with van der Waals surface area (Å²) in [5.41, 5.74) is 7.12. The van der Waals surface area contributed by atoms with Gasteiger partial charge in [0.2, 0.25) is 0 Å². The molecule has 0 spiro atoms. The second-order valence-corrected chi connectivity index (χ2v) is 6.30. The van der Waals surface area contributed by atoms with Crippen LogP contribution in [0.4, 0.5) is 0 Å². The van der Waals surface area contributed by atoms with Gasteiger partial charge in [-0.15, -0.1) is 0 Å². The van der Waals surface area contributed by atoms with Gasteiger partial charge in [0, 0.05) is 28.6 Å². The molecule has 1 aromatic carbocycles. The Labute approximate surface area is 123 Å². The molecule has 100 valence electrons. The molecular weight excluding hydrogens is 312 g/mol. The zero-order valence-electron chi connectivity index (χ0n) is 10.7. The van der Waals surface area contributed by atoms with Crippen molar-refractivity contribution in [1.29, 1.82) is 0 Å².